The molecule has 4 rings (SSSR count). The first kappa shape index (κ1) is 21.3. The van der Waals surface area contributed by atoms with Gasteiger partial charge in [0.2, 0.25) is 5.91 Å². The number of aromatic nitrogens is 1. The van der Waals surface area contributed by atoms with Crippen molar-refractivity contribution < 1.29 is 9.59 Å². The zero-order valence-electron chi connectivity index (χ0n) is 17.5. The molecule has 1 unspecified atom stereocenters. The second-order valence-electron chi connectivity index (χ2n) is 7.96. The molecule has 2 amide bonds. The van der Waals surface area contributed by atoms with Crippen molar-refractivity contribution >= 4 is 34.9 Å². The Labute approximate surface area is 186 Å². The average Bonchev–Trinajstić information content (AvgIpc) is 3.49. The maximum Gasteiger partial charge on any atom is 0.253 e. The van der Waals surface area contributed by atoms with Crippen molar-refractivity contribution in [3.05, 3.63) is 45.9 Å². The predicted molar refractivity (Wildman–Crippen MR) is 121 cm³/mol. The van der Waals surface area contributed by atoms with E-state index in [1.807, 2.05) is 43.0 Å². The molecule has 0 radical (unpaired) electrons. The number of thiazole rings is 1. The minimum Gasteiger partial charge on any atom is -0.352 e. The van der Waals surface area contributed by atoms with Crippen LogP contribution in [0.3, 0.4) is 0 Å². The van der Waals surface area contributed by atoms with Gasteiger partial charge in [0.05, 0.1) is 16.7 Å². The normalized spacial score (nSPS) is 18.3. The van der Waals surface area contributed by atoms with E-state index in [1.54, 1.807) is 23.1 Å². The number of thioether (sulfide) groups is 1. The molecular weight excluding hydrogens is 416 g/mol. The lowest BCUT2D eigenvalue weighted by atomic mass is 10.1. The number of carbonyl (C=O) groups excluding carboxylic acids is 2. The molecule has 0 spiro atoms. The molecule has 6 nitrogen and oxygen atoms in total. The summed E-state index contributed by atoms with van der Waals surface area (Å²) >= 11 is 3.40. The Bertz CT molecular complexity index is 887. The minimum atomic E-state index is -0.138. The topological polar surface area (TPSA) is 65.5 Å². The fourth-order valence-corrected chi connectivity index (χ4v) is 5.04. The van der Waals surface area contributed by atoms with Gasteiger partial charge in [-0.15, -0.1) is 23.1 Å². The molecule has 0 bridgehead atoms. The maximum atomic E-state index is 12.9. The number of benzene rings is 1. The van der Waals surface area contributed by atoms with Gasteiger partial charge in [0.25, 0.3) is 5.91 Å². The Morgan fingerprint density at radius 1 is 1.20 bits per heavy atom. The zero-order valence-corrected chi connectivity index (χ0v) is 19.1. The number of aryl methyl sites for hydroxylation is 1. The standard InChI is InChI=1S/C22H28N4O2S2/c1-15(21(27)24-18-5-6-18)25-9-11-26(12-10-25)22(28)17-3-7-20(8-4-17)30-14-19-13-29-16(2)23-19/h3-4,7-8,13,15,18H,5-6,9-12,14H2,1-2H3,(H,24,27). The number of nitrogens with one attached hydrogen (secondary N) is 1. The number of nitrogens with zero attached hydrogens (tertiary/aromatic N) is 3. The van der Waals surface area contributed by atoms with Crippen molar-refractivity contribution in [2.45, 2.75) is 49.4 Å². The zero-order chi connectivity index (χ0) is 21.1. The van der Waals surface area contributed by atoms with Crippen LogP contribution in [0.1, 0.15) is 40.8 Å². The molecule has 8 heteroatoms. The highest BCUT2D eigenvalue weighted by Gasteiger charge is 2.31. The molecule has 1 aromatic carbocycles. The van der Waals surface area contributed by atoms with Crippen LogP contribution in [0, 0.1) is 6.92 Å². The largest absolute Gasteiger partial charge is 0.352 e. The van der Waals surface area contributed by atoms with Crippen molar-refractivity contribution in [1.82, 2.24) is 20.1 Å². The number of rotatable bonds is 7. The molecule has 160 valence electrons. The van der Waals surface area contributed by atoms with E-state index < -0.39 is 0 Å². The number of carbonyl (C=O) groups is 2. The van der Waals surface area contributed by atoms with Gasteiger partial charge in [-0.3, -0.25) is 14.5 Å². The molecule has 1 aromatic heterocycles. The third-order valence-electron chi connectivity index (χ3n) is 5.61. The van der Waals surface area contributed by atoms with E-state index >= 15 is 0 Å². The lowest BCUT2D eigenvalue weighted by Gasteiger charge is -2.37. The molecule has 1 N–H and O–H groups in total. The van der Waals surface area contributed by atoms with Crippen LogP contribution in [0.25, 0.3) is 0 Å². The molecule has 2 aromatic rings. The lowest BCUT2D eigenvalue weighted by Crippen LogP contribution is -2.55. The summed E-state index contributed by atoms with van der Waals surface area (Å²) in [6.07, 6.45) is 2.20. The highest BCUT2D eigenvalue weighted by atomic mass is 32.2. The van der Waals surface area contributed by atoms with Crippen molar-refractivity contribution in [3.8, 4) is 0 Å². The van der Waals surface area contributed by atoms with Crippen molar-refractivity contribution in [3.63, 3.8) is 0 Å². The summed E-state index contributed by atoms with van der Waals surface area (Å²) in [5, 5.41) is 6.25. The van der Waals surface area contributed by atoms with Crippen LogP contribution < -0.4 is 5.32 Å². The SMILES string of the molecule is Cc1nc(CSc2ccc(C(=O)N3CCN(C(C)C(=O)NC4CC4)CC3)cc2)cs1. The fourth-order valence-electron chi connectivity index (χ4n) is 3.54. The van der Waals surface area contributed by atoms with Gasteiger partial charge in [-0.1, -0.05) is 0 Å². The second kappa shape index (κ2) is 9.49. The molecule has 2 aliphatic rings. The van der Waals surface area contributed by atoms with E-state index in [9.17, 15) is 9.59 Å². The lowest BCUT2D eigenvalue weighted by molar-refractivity contribution is -0.126. The van der Waals surface area contributed by atoms with Crippen molar-refractivity contribution in [2.75, 3.05) is 26.2 Å². The van der Waals surface area contributed by atoms with Gasteiger partial charge in [-0.2, -0.15) is 0 Å². The smallest absolute Gasteiger partial charge is 0.253 e. The summed E-state index contributed by atoms with van der Waals surface area (Å²) in [5.74, 6) is 1.01. The Morgan fingerprint density at radius 3 is 2.50 bits per heavy atom. The molecule has 1 atom stereocenters. The summed E-state index contributed by atoms with van der Waals surface area (Å²) in [7, 11) is 0. The van der Waals surface area contributed by atoms with Gasteiger partial charge in [0.15, 0.2) is 0 Å². The quantitative estimate of drug-likeness (QED) is 0.665. The molecule has 1 aliphatic carbocycles. The first-order chi connectivity index (χ1) is 14.5. The third-order valence-corrected chi connectivity index (χ3v) is 7.47. The van der Waals surface area contributed by atoms with Crippen LogP contribution in [0.4, 0.5) is 0 Å². The second-order valence-corrected chi connectivity index (χ2v) is 10.1. The van der Waals surface area contributed by atoms with E-state index in [0.29, 0.717) is 19.1 Å². The van der Waals surface area contributed by atoms with Crippen LogP contribution in [0.15, 0.2) is 34.5 Å². The Kier molecular flexibility index (Phi) is 6.75. The monoisotopic (exact) mass is 444 g/mol. The maximum absolute atomic E-state index is 12.9. The van der Waals surface area contributed by atoms with Gasteiger partial charge in [0.1, 0.15) is 0 Å². The first-order valence-electron chi connectivity index (χ1n) is 10.5. The number of hydrogen-bond acceptors (Lipinski definition) is 6. The number of amides is 2. The van der Waals surface area contributed by atoms with Crippen LogP contribution in [0.2, 0.25) is 0 Å². The van der Waals surface area contributed by atoms with E-state index in [1.165, 1.54) is 0 Å². The Morgan fingerprint density at radius 2 is 1.90 bits per heavy atom. The van der Waals surface area contributed by atoms with E-state index in [-0.39, 0.29) is 17.9 Å². The summed E-state index contributed by atoms with van der Waals surface area (Å²) in [6.45, 7) is 6.73. The van der Waals surface area contributed by atoms with Gasteiger partial charge >= 0.3 is 0 Å². The average molecular weight is 445 g/mol. The van der Waals surface area contributed by atoms with Crippen LogP contribution in [-0.4, -0.2) is 64.9 Å². The summed E-state index contributed by atoms with van der Waals surface area (Å²) in [6, 6.07) is 8.09. The van der Waals surface area contributed by atoms with E-state index in [4.69, 9.17) is 0 Å². The third kappa shape index (κ3) is 5.42. The molecule has 2 fully saturated rings. The van der Waals surface area contributed by atoms with Gasteiger partial charge in [-0.25, -0.2) is 4.98 Å². The highest BCUT2D eigenvalue weighted by molar-refractivity contribution is 7.98. The van der Waals surface area contributed by atoms with Crippen LogP contribution in [0.5, 0.6) is 0 Å². The molecular formula is C22H28N4O2S2. The molecule has 1 saturated heterocycles. The first-order valence-corrected chi connectivity index (χ1v) is 12.3. The van der Waals surface area contributed by atoms with E-state index in [0.717, 1.165) is 52.8 Å². The van der Waals surface area contributed by atoms with Crippen molar-refractivity contribution in [2.24, 2.45) is 0 Å². The predicted octanol–water partition coefficient (Wildman–Crippen LogP) is 3.17. The number of piperazine rings is 1. The van der Waals surface area contributed by atoms with Crippen molar-refractivity contribution in [1.29, 1.82) is 0 Å². The van der Waals surface area contributed by atoms with Gasteiger partial charge < -0.3 is 10.2 Å². The molecule has 1 saturated carbocycles. The number of hydrogen-bond donors (Lipinski definition) is 1. The van der Waals surface area contributed by atoms with E-state index in [2.05, 4.69) is 20.6 Å². The van der Waals surface area contributed by atoms with Gasteiger partial charge in [-0.05, 0) is 51.0 Å². The highest BCUT2D eigenvalue weighted by Crippen LogP contribution is 2.24. The summed E-state index contributed by atoms with van der Waals surface area (Å²) < 4.78 is 0. The minimum absolute atomic E-state index is 0.0661. The van der Waals surface area contributed by atoms with Crippen LogP contribution >= 0.6 is 23.1 Å². The fraction of sp³-hybridized carbons (Fsp3) is 0.500. The summed E-state index contributed by atoms with van der Waals surface area (Å²) in [5.41, 5.74) is 1.82. The molecule has 2 heterocycles. The Hall–Kier alpha value is -1.90. The molecule has 1 aliphatic heterocycles. The molecule has 30 heavy (non-hydrogen) atoms. The Balaban J connectivity index is 1.25. The van der Waals surface area contributed by atoms with Crippen LogP contribution in [-0.2, 0) is 10.5 Å². The summed E-state index contributed by atoms with van der Waals surface area (Å²) in [4.78, 5) is 34.8. The van der Waals surface area contributed by atoms with Gasteiger partial charge in [0, 0.05) is 53.8 Å².